The van der Waals surface area contributed by atoms with E-state index in [1.54, 1.807) is 23.2 Å². The molecule has 94 valence electrons. The molecule has 18 heavy (non-hydrogen) atoms. The van der Waals surface area contributed by atoms with Gasteiger partial charge in [-0.2, -0.15) is 4.39 Å². The molecule has 7 heteroatoms. The molecule has 0 amide bonds. The highest BCUT2D eigenvalue weighted by Crippen LogP contribution is 2.20. The van der Waals surface area contributed by atoms with Gasteiger partial charge in [0, 0.05) is 4.90 Å². The number of aromatic amines is 1. The molecular weight excluding hydrogens is 259 g/mol. The summed E-state index contributed by atoms with van der Waals surface area (Å²) in [5, 5.41) is 9.54. The predicted octanol–water partition coefficient (Wildman–Crippen LogP) is 1.09. The van der Waals surface area contributed by atoms with Crippen LogP contribution in [0.5, 0.6) is 5.88 Å². The number of aromatic nitrogens is 2. The molecule has 0 aliphatic carbocycles. The lowest BCUT2D eigenvalue weighted by Gasteiger charge is -2.08. The Kier molecular flexibility index (Phi) is 3.24. The number of nitrogens with zero attached hydrogens (tertiary/aromatic N) is 1. The van der Waals surface area contributed by atoms with Crippen molar-refractivity contribution in [2.45, 2.75) is 4.90 Å². The van der Waals surface area contributed by atoms with E-state index >= 15 is 0 Å². The Labute approximate surface area is 105 Å². The van der Waals surface area contributed by atoms with E-state index < -0.39 is 22.9 Å². The van der Waals surface area contributed by atoms with E-state index in [2.05, 4.69) is 0 Å². The van der Waals surface area contributed by atoms with E-state index in [1.165, 1.54) is 17.8 Å². The average molecular weight is 268 g/mol. The van der Waals surface area contributed by atoms with E-state index in [-0.39, 0.29) is 5.69 Å². The monoisotopic (exact) mass is 268 g/mol. The van der Waals surface area contributed by atoms with Crippen molar-refractivity contribution in [3.8, 4) is 11.6 Å². The Balaban J connectivity index is 2.75. The quantitative estimate of drug-likeness (QED) is 0.800. The molecular formula is C11H9FN2O3S. The minimum Gasteiger partial charge on any atom is -0.492 e. The molecule has 0 aliphatic heterocycles. The lowest BCUT2D eigenvalue weighted by atomic mass is 10.3. The Hall–Kier alpha value is -2.02. The maximum atomic E-state index is 13.3. The van der Waals surface area contributed by atoms with Gasteiger partial charge in [0.05, 0.1) is 5.69 Å². The van der Waals surface area contributed by atoms with Crippen LogP contribution in [0, 0.1) is 5.82 Å². The van der Waals surface area contributed by atoms with Crippen LogP contribution in [0.25, 0.3) is 5.69 Å². The zero-order valence-corrected chi connectivity index (χ0v) is 10.1. The van der Waals surface area contributed by atoms with Crippen LogP contribution < -0.4 is 11.2 Å². The number of hydrogen-bond acceptors (Lipinski definition) is 4. The molecule has 0 saturated carbocycles. The Morgan fingerprint density at radius 1 is 1.39 bits per heavy atom. The molecule has 0 saturated heterocycles. The molecule has 5 nitrogen and oxygen atoms in total. The SMILES string of the molecule is CSc1cccc(-n2c(O)c(F)c(=O)[nH]c2=O)c1. The van der Waals surface area contributed by atoms with Gasteiger partial charge in [0.2, 0.25) is 11.7 Å². The fourth-order valence-electron chi connectivity index (χ4n) is 1.49. The van der Waals surface area contributed by atoms with Crippen LogP contribution in [-0.4, -0.2) is 20.9 Å². The van der Waals surface area contributed by atoms with Crippen molar-refractivity contribution in [3.63, 3.8) is 0 Å². The molecule has 0 atom stereocenters. The lowest BCUT2D eigenvalue weighted by Crippen LogP contribution is -2.30. The summed E-state index contributed by atoms with van der Waals surface area (Å²) in [6, 6.07) is 6.59. The maximum Gasteiger partial charge on any atom is 0.335 e. The molecule has 1 heterocycles. The molecule has 0 spiro atoms. The molecule has 0 aliphatic rings. The minimum absolute atomic E-state index is 0.277. The summed E-state index contributed by atoms with van der Waals surface area (Å²) in [4.78, 5) is 25.2. The summed E-state index contributed by atoms with van der Waals surface area (Å²) in [6.07, 6.45) is 1.84. The topological polar surface area (TPSA) is 75.1 Å². The number of aromatic hydroxyl groups is 1. The third-order valence-corrected chi connectivity index (χ3v) is 3.07. The third-order valence-electron chi connectivity index (χ3n) is 2.34. The van der Waals surface area contributed by atoms with E-state index in [0.717, 1.165) is 4.90 Å². The number of benzene rings is 1. The van der Waals surface area contributed by atoms with Gasteiger partial charge in [0.25, 0.3) is 5.56 Å². The van der Waals surface area contributed by atoms with Crippen LogP contribution >= 0.6 is 11.8 Å². The second kappa shape index (κ2) is 4.69. The first-order chi connectivity index (χ1) is 8.54. The van der Waals surface area contributed by atoms with Crippen molar-refractivity contribution in [1.29, 1.82) is 0 Å². The van der Waals surface area contributed by atoms with Crippen molar-refractivity contribution in [3.05, 3.63) is 50.9 Å². The summed E-state index contributed by atoms with van der Waals surface area (Å²) in [5.74, 6) is -2.38. The first-order valence-corrected chi connectivity index (χ1v) is 6.15. The number of thioether (sulfide) groups is 1. The Morgan fingerprint density at radius 2 is 2.11 bits per heavy atom. The van der Waals surface area contributed by atoms with Crippen LogP contribution in [0.3, 0.4) is 0 Å². The van der Waals surface area contributed by atoms with Gasteiger partial charge in [0.1, 0.15) is 0 Å². The normalized spacial score (nSPS) is 10.6. The van der Waals surface area contributed by atoms with Gasteiger partial charge in [-0.1, -0.05) is 6.07 Å². The van der Waals surface area contributed by atoms with Gasteiger partial charge < -0.3 is 5.11 Å². The predicted molar refractivity (Wildman–Crippen MR) is 66.1 cm³/mol. The van der Waals surface area contributed by atoms with Gasteiger partial charge in [-0.15, -0.1) is 11.8 Å². The number of nitrogens with one attached hydrogen (secondary N) is 1. The smallest absolute Gasteiger partial charge is 0.335 e. The van der Waals surface area contributed by atoms with E-state index in [0.29, 0.717) is 4.57 Å². The zero-order valence-electron chi connectivity index (χ0n) is 9.31. The number of halogens is 1. The third kappa shape index (κ3) is 2.04. The van der Waals surface area contributed by atoms with Crippen molar-refractivity contribution in [2.75, 3.05) is 6.26 Å². The van der Waals surface area contributed by atoms with Gasteiger partial charge in [-0.25, -0.2) is 9.36 Å². The van der Waals surface area contributed by atoms with Crippen molar-refractivity contribution >= 4 is 11.8 Å². The minimum atomic E-state index is -1.39. The standard InChI is InChI=1S/C11H9FN2O3S/c1-18-7-4-2-3-6(5-7)14-10(16)8(12)9(15)13-11(14)17/h2-5,16H,1H3,(H,13,15,17). The molecule has 0 unspecified atom stereocenters. The second-order valence-electron chi connectivity index (χ2n) is 3.43. The highest BCUT2D eigenvalue weighted by atomic mass is 32.2. The summed E-state index contributed by atoms with van der Waals surface area (Å²) in [6.45, 7) is 0. The van der Waals surface area contributed by atoms with Crippen LogP contribution in [0.2, 0.25) is 0 Å². The van der Waals surface area contributed by atoms with Gasteiger partial charge in [-0.3, -0.25) is 9.78 Å². The van der Waals surface area contributed by atoms with Crippen LogP contribution in [0.1, 0.15) is 0 Å². The zero-order chi connectivity index (χ0) is 13.3. The molecule has 0 radical (unpaired) electrons. The van der Waals surface area contributed by atoms with Crippen molar-refractivity contribution < 1.29 is 9.50 Å². The largest absolute Gasteiger partial charge is 0.492 e. The molecule has 0 fully saturated rings. The molecule has 2 N–H and O–H groups in total. The number of H-pyrrole nitrogens is 1. The van der Waals surface area contributed by atoms with Crippen LogP contribution in [-0.2, 0) is 0 Å². The molecule has 0 bridgehead atoms. The summed E-state index contributed by atoms with van der Waals surface area (Å²) in [7, 11) is 0. The average Bonchev–Trinajstić information content (AvgIpc) is 2.36. The van der Waals surface area contributed by atoms with Crippen LogP contribution in [0.15, 0.2) is 38.8 Å². The summed E-state index contributed by atoms with van der Waals surface area (Å²) >= 11 is 1.43. The first-order valence-electron chi connectivity index (χ1n) is 4.93. The van der Waals surface area contributed by atoms with E-state index in [9.17, 15) is 19.1 Å². The van der Waals surface area contributed by atoms with Crippen molar-refractivity contribution in [1.82, 2.24) is 9.55 Å². The highest BCUT2D eigenvalue weighted by Gasteiger charge is 2.15. The fraction of sp³-hybridized carbons (Fsp3) is 0.0909. The second-order valence-corrected chi connectivity index (χ2v) is 4.31. The molecule has 2 aromatic rings. The van der Waals surface area contributed by atoms with Gasteiger partial charge >= 0.3 is 5.69 Å². The van der Waals surface area contributed by atoms with Crippen LogP contribution in [0.4, 0.5) is 4.39 Å². The summed E-state index contributed by atoms with van der Waals surface area (Å²) < 4.78 is 14.0. The first kappa shape index (κ1) is 12.4. The Bertz CT molecular complexity index is 708. The molecule has 2 rings (SSSR count). The molecule has 1 aromatic carbocycles. The van der Waals surface area contributed by atoms with E-state index in [4.69, 9.17) is 0 Å². The lowest BCUT2D eigenvalue weighted by molar-refractivity contribution is 0.386. The Morgan fingerprint density at radius 3 is 2.78 bits per heavy atom. The van der Waals surface area contributed by atoms with Gasteiger partial charge in [-0.05, 0) is 24.5 Å². The van der Waals surface area contributed by atoms with E-state index in [1.807, 2.05) is 6.26 Å². The van der Waals surface area contributed by atoms with Gasteiger partial charge in [0.15, 0.2) is 0 Å². The molecule has 1 aromatic heterocycles. The fourth-order valence-corrected chi connectivity index (χ4v) is 1.95. The highest BCUT2D eigenvalue weighted by molar-refractivity contribution is 7.98. The number of rotatable bonds is 2. The number of hydrogen-bond donors (Lipinski definition) is 2. The van der Waals surface area contributed by atoms with Crippen molar-refractivity contribution in [2.24, 2.45) is 0 Å². The summed E-state index contributed by atoms with van der Waals surface area (Å²) in [5.41, 5.74) is -1.86. The maximum absolute atomic E-state index is 13.3.